The van der Waals surface area contributed by atoms with Crippen LogP contribution in [0.4, 0.5) is 0 Å². The summed E-state index contributed by atoms with van der Waals surface area (Å²) in [5.74, 6) is 2.58. The Morgan fingerprint density at radius 3 is 2.48 bits per heavy atom. The van der Waals surface area contributed by atoms with Gasteiger partial charge < -0.3 is 9.64 Å². The van der Waals surface area contributed by atoms with Gasteiger partial charge in [-0.2, -0.15) is 0 Å². The highest BCUT2D eigenvalue weighted by molar-refractivity contribution is 6.32. The molecule has 1 aliphatic rings. The van der Waals surface area contributed by atoms with Gasteiger partial charge in [0.2, 0.25) is 0 Å². The van der Waals surface area contributed by atoms with Crippen LogP contribution in [-0.2, 0) is 0 Å². The fourth-order valence-electron chi connectivity index (χ4n) is 3.71. The highest BCUT2D eigenvalue weighted by atomic mass is 35.5. The number of hydrogen-bond donors (Lipinski definition) is 1. The molecule has 1 aromatic carbocycles. The topological polar surface area (TPSA) is 13.7 Å². The normalized spacial score (nSPS) is 25.9. The van der Waals surface area contributed by atoms with Gasteiger partial charge in [-0.05, 0) is 37.5 Å². The Morgan fingerprint density at radius 2 is 1.86 bits per heavy atom. The zero-order valence-corrected chi connectivity index (χ0v) is 14.6. The summed E-state index contributed by atoms with van der Waals surface area (Å²) in [6.45, 7) is 13.5. The maximum absolute atomic E-state index is 6.27. The monoisotopic (exact) mass is 310 g/mol. The molecule has 2 rings (SSSR count). The Morgan fingerprint density at radius 1 is 1.19 bits per heavy atom. The number of benzene rings is 1. The number of ether oxygens (including phenoxy) is 1. The van der Waals surface area contributed by atoms with Crippen molar-refractivity contribution in [1.29, 1.82) is 0 Å². The van der Waals surface area contributed by atoms with E-state index in [1.54, 1.807) is 4.90 Å². The summed E-state index contributed by atoms with van der Waals surface area (Å²) >= 11 is 6.27. The van der Waals surface area contributed by atoms with Crippen LogP contribution in [0, 0.1) is 25.7 Å². The van der Waals surface area contributed by atoms with Gasteiger partial charge in [0, 0.05) is 18.3 Å². The van der Waals surface area contributed by atoms with Crippen molar-refractivity contribution in [3.63, 3.8) is 0 Å². The van der Waals surface area contributed by atoms with Gasteiger partial charge in [0.15, 0.2) is 0 Å². The first kappa shape index (κ1) is 16.6. The summed E-state index contributed by atoms with van der Waals surface area (Å²) < 4.78 is 5.92. The Hall–Kier alpha value is -0.730. The summed E-state index contributed by atoms with van der Waals surface area (Å²) in [5.41, 5.74) is 2.32. The van der Waals surface area contributed by atoms with Gasteiger partial charge in [-0.25, -0.2) is 0 Å². The fraction of sp³-hybridized carbons (Fsp3) is 0.667. The van der Waals surface area contributed by atoms with Crippen molar-refractivity contribution in [2.75, 3.05) is 26.2 Å². The second-order valence-electron chi connectivity index (χ2n) is 6.95. The summed E-state index contributed by atoms with van der Waals surface area (Å²) in [4.78, 5) is 1.73. The molecular formula is C18H29ClNO+. The molecule has 0 unspecified atom stereocenters. The minimum absolute atomic E-state index is 0.736. The lowest BCUT2D eigenvalue weighted by molar-refractivity contribution is -0.912. The molecule has 1 fully saturated rings. The van der Waals surface area contributed by atoms with E-state index in [4.69, 9.17) is 16.3 Å². The number of rotatable bonds is 5. The number of nitrogens with one attached hydrogen (secondary N) is 1. The van der Waals surface area contributed by atoms with Gasteiger partial charge in [0.1, 0.15) is 5.75 Å². The predicted molar refractivity (Wildman–Crippen MR) is 89.5 cm³/mol. The van der Waals surface area contributed by atoms with Crippen molar-refractivity contribution in [3.05, 3.63) is 28.3 Å². The molecule has 1 aliphatic heterocycles. The SMILES string of the molecule is Cc1cc(C)c(OCCC[NH+]2C[C@@H](C)C[C@H](C)C2)c(Cl)c1. The quantitative estimate of drug-likeness (QED) is 0.824. The molecule has 3 heteroatoms. The van der Waals surface area contributed by atoms with E-state index in [1.807, 2.05) is 6.07 Å². The molecule has 0 bridgehead atoms. The van der Waals surface area contributed by atoms with Gasteiger partial charge in [-0.1, -0.05) is 31.5 Å². The summed E-state index contributed by atoms with van der Waals surface area (Å²) in [6, 6.07) is 4.10. The largest absolute Gasteiger partial charge is 0.492 e. The number of hydrogen-bond acceptors (Lipinski definition) is 1. The smallest absolute Gasteiger partial charge is 0.140 e. The fourth-order valence-corrected chi connectivity index (χ4v) is 4.08. The van der Waals surface area contributed by atoms with Gasteiger partial charge in [0.05, 0.1) is 31.3 Å². The number of halogens is 1. The van der Waals surface area contributed by atoms with Crippen LogP contribution >= 0.6 is 11.6 Å². The molecule has 0 amide bonds. The average molecular weight is 311 g/mol. The molecule has 0 aliphatic carbocycles. The Balaban J connectivity index is 1.77. The van der Waals surface area contributed by atoms with E-state index in [0.29, 0.717) is 0 Å². The third-order valence-electron chi connectivity index (χ3n) is 4.37. The number of piperidine rings is 1. The Bertz CT molecular complexity index is 441. The highest BCUT2D eigenvalue weighted by Crippen LogP contribution is 2.29. The molecular weight excluding hydrogens is 282 g/mol. The van der Waals surface area contributed by atoms with E-state index < -0.39 is 0 Å². The molecule has 21 heavy (non-hydrogen) atoms. The lowest BCUT2D eigenvalue weighted by Crippen LogP contribution is -3.14. The van der Waals surface area contributed by atoms with Crippen LogP contribution in [-0.4, -0.2) is 26.2 Å². The molecule has 1 aromatic rings. The van der Waals surface area contributed by atoms with Crippen LogP contribution in [0.15, 0.2) is 12.1 Å². The first-order valence-corrected chi connectivity index (χ1v) is 8.56. The van der Waals surface area contributed by atoms with E-state index in [0.717, 1.165) is 41.2 Å². The third-order valence-corrected chi connectivity index (χ3v) is 4.65. The molecule has 2 atom stereocenters. The summed E-state index contributed by atoms with van der Waals surface area (Å²) in [7, 11) is 0. The first-order chi connectivity index (χ1) is 9.95. The van der Waals surface area contributed by atoms with E-state index in [1.165, 1.54) is 31.6 Å². The molecule has 0 spiro atoms. The minimum Gasteiger partial charge on any atom is -0.492 e. The van der Waals surface area contributed by atoms with Gasteiger partial charge >= 0.3 is 0 Å². The lowest BCUT2D eigenvalue weighted by Gasteiger charge is -2.32. The van der Waals surface area contributed by atoms with Gasteiger partial charge in [0.25, 0.3) is 0 Å². The number of quaternary nitrogens is 1. The lowest BCUT2D eigenvalue weighted by atomic mass is 9.92. The third kappa shape index (κ3) is 4.89. The molecule has 1 heterocycles. The molecule has 2 nitrogen and oxygen atoms in total. The second-order valence-corrected chi connectivity index (χ2v) is 7.36. The predicted octanol–water partition coefficient (Wildman–Crippen LogP) is 3.29. The van der Waals surface area contributed by atoms with Crippen LogP contribution in [0.25, 0.3) is 0 Å². The van der Waals surface area contributed by atoms with Gasteiger partial charge in [-0.15, -0.1) is 0 Å². The van der Waals surface area contributed by atoms with Crippen LogP contribution in [0.2, 0.25) is 5.02 Å². The molecule has 1 saturated heterocycles. The molecule has 1 N–H and O–H groups in total. The van der Waals surface area contributed by atoms with Crippen molar-refractivity contribution >= 4 is 11.6 Å². The van der Waals surface area contributed by atoms with E-state index in [2.05, 4.69) is 33.8 Å². The minimum atomic E-state index is 0.736. The van der Waals surface area contributed by atoms with Crippen LogP contribution in [0.5, 0.6) is 5.75 Å². The zero-order valence-electron chi connectivity index (χ0n) is 13.8. The standard InChI is InChI=1S/C18H28ClNO/c1-13-9-16(4)18(17(19)10-13)21-7-5-6-20-11-14(2)8-15(3)12-20/h9-10,14-15H,5-8,11-12H2,1-4H3/p+1/t14-,15-/m0/s1. The highest BCUT2D eigenvalue weighted by Gasteiger charge is 2.24. The van der Waals surface area contributed by atoms with Crippen molar-refractivity contribution in [2.45, 2.75) is 40.5 Å². The Labute approximate surface area is 134 Å². The maximum atomic E-state index is 6.27. The van der Waals surface area contributed by atoms with Crippen molar-refractivity contribution in [3.8, 4) is 5.75 Å². The van der Waals surface area contributed by atoms with Crippen LogP contribution in [0.3, 0.4) is 0 Å². The van der Waals surface area contributed by atoms with Crippen molar-refractivity contribution in [2.24, 2.45) is 11.8 Å². The summed E-state index contributed by atoms with van der Waals surface area (Å²) in [6.07, 6.45) is 2.48. The number of aryl methyl sites for hydroxylation is 2. The van der Waals surface area contributed by atoms with E-state index in [-0.39, 0.29) is 0 Å². The van der Waals surface area contributed by atoms with Crippen molar-refractivity contribution < 1.29 is 9.64 Å². The van der Waals surface area contributed by atoms with Gasteiger partial charge in [-0.3, -0.25) is 0 Å². The molecule has 0 radical (unpaired) electrons. The zero-order chi connectivity index (χ0) is 15.4. The van der Waals surface area contributed by atoms with Crippen molar-refractivity contribution in [1.82, 2.24) is 0 Å². The molecule has 0 saturated carbocycles. The molecule has 0 aromatic heterocycles. The second kappa shape index (κ2) is 7.51. The molecule has 118 valence electrons. The first-order valence-electron chi connectivity index (χ1n) is 8.18. The Kier molecular flexibility index (Phi) is 5.95. The van der Waals surface area contributed by atoms with Crippen LogP contribution < -0.4 is 9.64 Å². The van der Waals surface area contributed by atoms with E-state index >= 15 is 0 Å². The average Bonchev–Trinajstić information content (AvgIpc) is 2.35. The maximum Gasteiger partial charge on any atom is 0.140 e. The van der Waals surface area contributed by atoms with Crippen LogP contribution in [0.1, 0.15) is 37.8 Å². The number of likely N-dealkylation sites (tertiary alicyclic amines) is 1. The van der Waals surface area contributed by atoms with E-state index in [9.17, 15) is 0 Å². The summed E-state index contributed by atoms with van der Waals surface area (Å²) in [5, 5.41) is 0.736.